The first-order valence-corrected chi connectivity index (χ1v) is 13.3. The number of sulfonamides is 1. The third-order valence-electron chi connectivity index (χ3n) is 6.40. The molecule has 2 amide bonds. The van der Waals surface area contributed by atoms with Crippen molar-refractivity contribution in [2.24, 2.45) is 0 Å². The molecular weight excluding hydrogens is 519 g/mol. The number of amides is 2. The fraction of sp³-hybridized carbons (Fsp3) is 0.259. The standard InChI is InChI=1S/C27H26F3N3O4S/c1-19(34)32-15-16-33(38(36,37)24-13-9-22(10-14-24)21-5-3-2-4-6-21)25(18-32)26(35)31-17-20-7-11-23(12-8-20)27(28,29)30/h2-14,25H,15-18H2,1H3,(H,31,35). The first kappa shape index (κ1) is 27.3. The van der Waals surface area contributed by atoms with Crippen molar-refractivity contribution in [1.29, 1.82) is 0 Å². The number of benzene rings is 3. The first-order chi connectivity index (χ1) is 18.0. The van der Waals surface area contributed by atoms with Crippen LogP contribution in [0, 0.1) is 0 Å². The number of alkyl halides is 3. The van der Waals surface area contributed by atoms with Gasteiger partial charge in [0.05, 0.1) is 10.5 Å². The molecule has 11 heteroatoms. The van der Waals surface area contributed by atoms with E-state index in [1.54, 1.807) is 12.1 Å². The normalized spacial score (nSPS) is 16.7. The van der Waals surface area contributed by atoms with Crippen LogP contribution in [0.2, 0.25) is 0 Å². The fourth-order valence-electron chi connectivity index (χ4n) is 4.26. The summed E-state index contributed by atoms with van der Waals surface area (Å²) in [4.78, 5) is 26.6. The van der Waals surface area contributed by atoms with Gasteiger partial charge >= 0.3 is 6.18 Å². The maximum absolute atomic E-state index is 13.6. The highest BCUT2D eigenvalue weighted by Gasteiger charge is 2.40. The Balaban J connectivity index is 1.53. The summed E-state index contributed by atoms with van der Waals surface area (Å²) in [7, 11) is -4.10. The Bertz CT molecular complexity index is 1390. The predicted octanol–water partition coefficient (Wildman–Crippen LogP) is 3.91. The summed E-state index contributed by atoms with van der Waals surface area (Å²) in [6, 6.07) is 18.9. The van der Waals surface area contributed by atoms with Crippen molar-refractivity contribution in [3.63, 3.8) is 0 Å². The number of piperazine rings is 1. The van der Waals surface area contributed by atoms with Crippen LogP contribution in [0.1, 0.15) is 18.1 Å². The number of hydrogen-bond donors (Lipinski definition) is 1. The molecular formula is C27H26F3N3O4S. The number of hydrogen-bond acceptors (Lipinski definition) is 4. The first-order valence-electron chi connectivity index (χ1n) is 11.8. The summed E-state index contributed by atoms with van der Waals surface area (Å²) in [5.74, 6) is -0.949. The van der Waals surface area contributed by atoms with Gasteiger partial charge in [0.2, 0.25) is 21.8 Å². The minimum Gasteiger partial charge on any atom is -0.351 e. The molecule has 0 spiro atoms. The van der Waals surface area contributed by atoms with E-state index in [4.69, 9.17) is 0 Å². The van der Waals surface area contributed by atoms with Crippen LogP contribution in [-0.4, -0.2) is 55.1 Å². The van der Waals surface area contributed by atoms with Crippen LogP contribution >= 0.6 is 0 Å². The molecule has 1 unspecified atom stereocenters. The minimum atomic E-state index is -4.48. The maximum Gasteiger partial charge on any atom is 0.416 e. The lowest BCUT2D eigenvalue weighted by atomic mass is 10.1. The van der Waals surface area contributed by atoms with Gasteiger partial charge in [0.25, 0.3) is 0 Å². The highest BCUT2D eigenvalue weighted by molar-refractivity contribution is 7.89. The summed E-state index contributed by atoms with van der Waals surface area (Å²) >= 11 is 0. The smallest absolute Gasteiger partial charge is 0.351 e. The molecule has 1 atom stereocenters. The van der Waals surface area contributed by atoms with Gasteiger partial charge in [-0.3, -0.25) is 9.59 Å². The number of nitrogens with one attached hydrogen (secondary N) is 1. The van der Waals surface area contributed by atoms with Crippen molar-refractivity contribution in [2.75, 3.05) is 19.6 Å². The van der Waals surface area contributed by atoms with Crippen LogP contribution in [0.25, 0.3) is 11.1 Å². The molecule has 3 aromatic carbocycles. The minimum absolute atomic E-state index is 0.00833. The Morgan fingerprint density at radius 2 is 1.50 bits per heavy atom. The van der Waals surface area contributed by atoms with E-state index < -0.39 is 33.7 Å². The van der Waals surface area contributed by atoms with E-state index in [-0.39, 0.29) is 37.0 Å². The van der Waals surface area contributed by atoms with E-state index in [0.717, 1.165) is 27.6 Å². The average Bonchev–Trinajstić information content (AvgIpc) is 2.91. The molecule has 7 nitrogen and oxygen atoms in total. The van der Waals surface area contributed by atoms with Crippen LogP contribution < -0.4 is 5.32 Å². The van der Waals surface area contributed by atoms with Gasteiger partial charge < -0.3 is 10.2 Å². The van der Waals surface area contributed by atoms with E-state index in [0.29, 0.717) is 5.56 Å². The van der Waals surface area contributed by atoms with E-state index in [1.165, 1.54) is 36.1 Å². The van der Waals surface area contributed by atoms with Crippen molar-refractivity contribution in [1.82, 2.24) is 14.5 Å². The van der Waals surface area contributed by atoms with Crippen molar-refractivity contribution in [2.45, 2.75) is 30.6 Å². The van der Waals surface area contributed by atoms with Crippen molar-refractivity contribution < 1.29 is 31.2 Å². The fourth-order valence-corrected chi connectivity index (χ4v) is 5.83. The second-order valence-electron chi connectivity index (χ2n) is 8.90. The zero-order chi connectivity index (χ0) is 27.5. The molecule has 0 aliphatic carbocycles. The van der Waals surface area contributed by atoms with Gasteiger partial charge in [-0.15, -0.1) is 0 Å². The molecule has 0 aromatic heterocycles. The van der Waals surface area contributed by atoms with Crippen LogP contribution in [0.3, 0.4) is 0 Å². The molecule has 0 radical (unpaired) electrons. The third-order valence-corrected chi connectivity index (χ3v) is 8.32. The zero-order valence-corrected chi connectivity index (χ0v) is 21.3. The van der Waals surface area contributed by atoms with E-state index >= 15 is 0 Å². The highest BCUT2D eigenvalue weighted by Crippen LogP contribution is 2.29. The molecule has 1 heterocycles. The largest absolute Gasteiger partial charge is 0.416 e. The molecule has 1 aliphatic heterocycles. The van der Waals surface area contributed by atoms with Gasteiger partial charge in [0.15, 0.2) is 0 Å². The van der Waals surface area contributed by atoms with Crippen molar-refractivity contribution in [3.05, 3.63) is 90.0 Å². The molecule has 1 saturated heterocycles. The molecule has 1 fully saturated rings. The number of rotatable bonds is 6. The highest BCUT2D eigenvalue weighted by atomic mass is 32.2. The van der Waals surface area contributed by atoms with Crippen LogP contribution in [0.5, 0.6) is 0 Å². The molecule has 1 N–H and O–H groups in total. The van der Waals surface area contributed by atoms with Gasteiger partial charge in [-0.25, -0.2) is 8.42 Å². The second kappa shape index (κ2) is 11.0. The Morgan fingerprint density at radius 1 is 0.895 bits per heavy atom. The SMILES string of the molecule is CC(=O)N1CCN(S(=O)(=O)c2ccc(-c3ccccc3)cc2)C(C(=O)NCc2ccc(C(F)(F)F)cc2)C1. The van der Waals surface area contributed by atoms with Gasteiger partial charge in [-0.05, 0) is 41.0 Å². The Labute approximate surface area is 218 Å². The number of carbonyl (C=O) groups excluding carboxylic acids is 2. The van der Waals surface area contributed by atoms with Crippen LogP contribution in [-0.2, 0) is 32.3 Å². The summed E-state index contributed by atoms with van der Waals surface area (Å²) in [6.45, 7) is 1.13. The molecule has 0 saturated carbocycles. The molecule has 200 valence electrons. The maximum atomic E-state index is 13.6. The third kappa shape index (κ3) is 6.05. The van der Waals surface area contributed by atoms with E-state index in [9.17, 15) is 31.2 Å². The topological polar surface area (TPSA) is 86.8 Å². The quantitative estimate of drug-likeness (QED) is 0.509. The van der Waals surface area contributed by atoms with Crippen LogP contribution in [0.15, 0.2) is 83.8 Å². The van der Waals surface area contributed by atoms with Crippen molar-refractivity contribution in [3.8, 4) is 11.1 Å². The lowest BCUT2D eigenvalue weighted by molar-refractivity contribution is -0.138. The molecule has 4 rings (SSSR count). The Hall–Kier alpha value is -3.70. The zero-order valence-electron chi connectivity index (χ0n) is 20.5. The van der Waals surface area contributed by atoms with Gasteiger partial charge in [0.1, 0.15) is 6.04 Å². The molecule has 38 heavy (non-hydrogen) atoms. The van der Waals surface area contributed by atoms with Gasteiger partial charge in [-0.1, -0.05) is 54.6 Å². The molecule has 3 aromatic rings. The summed E-state index contributed by atoms with van der Waals surface area (Å²) < 4.78 is 66.7. The molecule has 1 aliphatic rings. The second-order valence-corrected chi connectivity index (χ2v) is 10.8. The summed E-state index contributed by atoms with van der Waals surface area (Å²) in [5.41, 5.74) is 1.35. The number of halogens is 3. The summed E-state index contributed by atoms with van der Waals surface area (Å²) in [6.07, 6.45) is -4.48. The van der Waals surface area contributed by atoms with Gasteiger partial charge in [-0.2, -0.15) is 17.5 Å². The monoisotopic (exact) mass is 545 g/mol. The average molecular weight is 546 g/mol. The van der Waals surface area contributed by atoms with E-state index in [2.05, 4.69) is 5.32 Å². The van der Waals surface area contributed by atoms with E-state index in [1.807, 2.05) is 30.3 Å². The number of nitrogens with zero attached hydrogens (tertiary/aromatic N) is 2. The lowest BCUT2D eigenvalue weighted by Gasteiger charge is -2.39. The summed E-state index contributed by atoms with van der Waals surface area (Å²) in [5, 5.41) is 2.61. The lowest BCUT2D eigenvalue weighted by Crippen LogP contribution is -2.61. The predicted molar refractivity (Wildman–Crippen MR) is 135 cm³/mol. The Morgan fingerprint density at radius 3 is 2.08 bits per heavy atom. The number of carbonyl (C=O) groups is 2. The van der Waals surface area contributed by atoms with Crippen molar-refractivity contribution >= 4 is 21.8 Å². The molecule has 0 bridgehead atoms. The van der Waals surface area contributed by atoms with Crippen LogP contribution in [0.4, 0.5) is 13.2 Å². The van der Waals surface area contributed by atoms with Gasteiger partial charge in [0, 0.05) is 33.1 Å². The Kier molecular flexibility index (Phi) is 7.89.